The second-order valence-electron chi connectivity index (χ2n) is 4.29. The lowest BCUT2D eigenvalue weighted by Crippen LogP contribution is -2.00. The first-order valence-corrected chi connectivity index (χ1v) is 8.04. The summed E-state index contributed by atoms with van der Waals surface area (Å²) in [4.78, 5) is 1.07. The van der Waals surface area contributed by atoms with Crippen molar-refractivity contribution in [2.45, 2.75) is 17.9 Å². The lowest BCUT2D eigenvalue weighted by Gasteiger charge is -2.12. The van der Waals surface area contributed by atoms with Crippen LogP contribution in [0, 0.1) is 6.92 Å². The van der Waals surface area contributed by atoms with Crippen molar-refractivity contribution in [3.63, 3.8) is 0 Å². The maximum atomic E-state index is 10.2. The Morgan fingerprint density at radius 1 is 1.26 bits per heavy atom. The van der Waals surface area contributed by atoms with Gasteiger partial charge in [-0.1, -0.05) is 45.7 Å². The van der Waals surface area contributed by atoms with Crippen LogP contribution in [0.3, 0.4) is 0 Å². The number of aliphatic hydroxyl groups excluding tert-OH is 1. The minimum absolute atomic E-state index is 0.485. The lowest BCUT2D eigenvalue weighted by atomic mass is 10.1. The predicted molar refractivity (Wildman–Crippen MR) is 86.0 cm³/mol. The topological polar surface area (TPSA) is 20.2 Å². The van der Waals surface area contributed by atoms with E-state index in [1.807, 2.05) is 49.4 Å². The van der Waals surface area contributed by atoms with Gasteiger partial charge in [-0.3, -0.25) is 0 Å². The summed E-state index contributed by atoms with van der Waals surface area (Å²) in [6.07, 6.45) is -0.485. The largest absolute Gasteiger partial charge is 0.388 e. The van der Waals surface area contributed by atoms with E-state index in [4.69, 9.17) is 11.6 Å². The highest BCUT2D eigenvalue weighted by Gasteiger charge is 2.09. The Morgan fingerprint density at radius 3 is 2.74 bits per heavy atom. The number of hydrogen-bond acceptors (Lipinski definition) is 2. The molecule has 0 radical (unpaired) electrons. The van der Waals surface area contributed by atoms with E-state index in [0.717, 1.165) is 20.0 Å². The number of halogens is 2. The molecule has 0 bridgehead atoms. The minimum Gasteiger partial charge on any atom is -0.388 e. The molecule has 1 atom stereocenters. The molecule has 2 rings (SSSR count). The van der Waals surface area contributed by atoms with Gasteiger partial charge in [-0.25, -0.2) is 0 Å². The van der Waals surface area contributed by atoms with E-state index in [2.05, 4.69) is 15.9 Å². The molecule has 0 aliphatic carbocycles. The molecule has 1 unspecified atom stereocenters. The van der Waals surface area contributed by atoms with Gasteiger partial charge in [-0.2, -0.15) is 0 Å². The highest BCUT2D eigenvalue weighted by molar-refractivity contribution is 9.10. The molecule has 0 fully saturated rings. The van der Waals surface area contributed by atoms with E-state index in [1.165, 1.54) is 5.56 Å². The summed E-state index contributed by atoms with van der Waals surface area (Å²) in [5.74, 6) is 0.607. The smallest absolute Gasteiger partial charge is 0.0884 e. The van der Waals surface area contributed by atoms with E-state index in [0.29, 0.717) is 5.75 Å². The van der Waals surface area contributed by atoms with Crippen LogP contribution in [-0.4, -0.2) is 10.9 Å². The van der Waals surface area contributed by atoms with E-state index < -0.39 is 6.10 Å². The van der Waals surface area contributed by atoms with Crippen molar-refractivity contribution >= 4 is 39.3 Å². The van der Waals surface area contributed by atoms with Gasteiger partial charge in [0.2, 0.25) is 0 Å². The number of benzene rings is 2. The van der Waals surface area contributed by atoms with E-state index in [1.54, 1.807) is 11.8 Å². The van der Waals surface area contributed by atoms with Gasteiger partial charge in [0.25, 0.3) is 0 Å². The van der Waals surface area contributed by atoms with Crippen LogP contribution >= 0.6 is 39.3 Å². The van der Waals surface area contributed by atoms with Crippen LogP contribution in [-0.2, 0) is 0 Å². The van der Waals surface area contributed by atoms with Gasteiger partial charge < -0.3 is 5.11 Å². The molecule has 4 heteroatoms. The Labute approximate surface area is 131 Å². The number of hydrogen-bond donors (Lipinski definition) is 1. The zero-order chi connectivity index (χ0) is 13.8. The lowest BCUT2D eigenvalue weighted by molar-refractivity contribution is 0.204. The van der Waals surface area contributed by atoms with Gasteiger partial charge >= 0.3 is 0 Å². The molecule has 0 aliphatic rings. The summed E-state index contributed by atoms with van der Waals surface area (Å²) >= 11 is 11.0. The third-order valence-electron chi connectivity index (χ3n) is 2.78. The van der Waals surface area contributed by atoms with Crippen molar-refractivity contribution in [2.24, 2.45) is 0 Å². The Hall–Kier alpha value is -0.480. The predicted octanol–water partition coefficient (Wildman–Crippen LogP) is 5.24. The molecule has 0 aliphatic heterocycles. The molecular formula is C15H14BrClOS. The molecule has 0 heterocycles. The van der Waals surface area contributed by atoms with Crippen LogP contribution in [0.4, 0.5) is 0 Å². The van der Waals surface area contributed by atoms with Gasteiger partial charge in [0.1, 0.15) is 0 Å². The van der Waals surface area contributed by atoms with Gasteiger partial charge in [0, 0.05) is 20.1 Å². The number of thioether (sulfide) groups is 1. The van der Waals surface area contributed by atoms with Crippen LogP contribution < -0.4 is 0 Å². The van der Waals surface area contributed by atoms with Crippen LogP contribution in [0.15, 0.2) is 51.8 Å². The van der Waals surface area contributed by atoms with Gasteiger partial charge in [0.05, 0.1) is 6.10 Å². The third kappa shape index (κ3) is 4.25. The average molecular weight is 358 g/mol. The van der Waals surface area contributed by atoms with Crippen molar-refractivity contribution in [1.82, 2.24) is 0 Å². The molecule has 100 valence electrons. The molecular weight excluding hydrogens is 344 g/mol. The van der Waals surface area contributed by atoms with Crippen LogP contribution in [0.25, 0.3) is 0 Å². The summed E-state index contributed by atoms with van der Waals surface area (Å²) in [6, 6.07) is 13.6. The Bertz CT molecular complexity index is 574. The first kappa shape index (κ1) is 14.9. The van der Waals surface area contributed by atoms with Crippen molar-refractivity contribution < 1.29 is 5.11 Å². The third-order valence-corrected chi connectivity index (χ3v) is 4.94. The van der Waals surface area contributed by atoms with Gasteiger partial charge in [-0.15, -0.1) is 11.8 Å². The van der Waals surface area contributed by atoms with Crippen molar-refractivity contribution in [1.29, 1.82) is 0 Å². The monoisotopic (exact) mass is 356 g/mol. The highest BCUT2D eigenvalue weighted by atomic mass is 79.9. The normalized spacial score (nSPS) is 12.4. The standard InChI is InChI=1S/C15H14BrClOS/c1-10-5-6-11(7-14(10)16)15(18)9-19-13-4-2-3-12(17)8-13/h2-8,15,18H,9H2,1H3. The van der Waals surface area contributed by atoms with Crippen molar-refractivity contribution in [2.75, 3.05) is 5.75 Å². The molecule has 1 N–H and O–H groups in total. The molecule has 2 aromatic rings. The minimum atomic E-state index is -0.485. The summed E-state index contributed by atoms with van der Waals surface area (Å²) < 4.78 is 1.02. The molecule has 0 amide bonds. The summed E-state index contributed by atoms with van der Waals surface area (Å²) in [5, 5.41) is 10.9. The Morgan fingerprint density at radius 2 is 2.05 bits per heavy atom. The fourth-order valence-corrected chi connectivity index (χ4v) is 3.22. The Kier molecular flexibility index (Phi) is 5.34. The molecule has 19 heavy (non-hydrogen) atoms. The van der Waals surface area contributed by atoms with Crippen LogP contribution in [0.1, 0.15) is 17.2 Å². The van der Waals surface area contributed by atoms with Gasteiger partial charge in [-0.05, 0) is 42.3 Å². The van der Waals surface area contributed by atoms with Crippen molar-refractivity contribution in [3.05, 3.63) is 63.1 Å². The van der Waals surface area contributed by atoms with Crippen LogP contribution in [0.2, 0.25) is 5.02 Å². The summed E-state index contributed by atoms with van der Waals surface area (Å²) in [7, 11) is 0. The van der Waals surface area contributed by atoms with E-state index in [9.17, 15) is 5.11 Å². The fourth-order valence-electron chi connectivity index (χ4n) is 1.64. The summed E-state index contributed by atoms with van der Waals surface area (Å²) in [5.41, 5.74) is 2.09. The van der Waals surface area contributed by atoms with Crippen molar-refractivity contribution in [3.8, 4) is 0 Å². The quantitative estimate of drug-likeness (QED) is 0.755. The molecule has 0 aromatic heterocycles. The number of aryl methyl sites for hydroxylation is 1. The van der Waals surface area contributed by atoms with Gasteiger partial charge in [0.15, 0.2) is 0 Å². The highest BCUT2D eigenvalue weighted by Crippen LogP contribution is 2.28. The van der Waals surface area contributed by atoms with E-state index >= 15 is 0 Å². The zero-order valence-corrected chi connectivity index (χ0v) is 13.6. The maximum Gasteiger partial charge on any atom is 0.0884 e. The SMILES string of the molecule is Cc1ccc(C(O)CSc2cccc(Cl)c2)cc1Br. The maximum absolute atomic E-state index is 10.2. The number of aliphatic hydroxyl groups is 1. The first-order valence-electron chi connectivity index (χ1n) is 5.89. The Balaban J connectivity index is 2.01. The zero-order valence-electron chi connectivity index (χ0n) is 10.4. The van der Waals surface area contributed by atoms with E-state index in [-0.39, 0.29) is 0 Å². The fraction of sp³-hybridized carbons (Fsp3) is 0.200. The number of rotatable bonds is 4. The van der Waals surface area contributed by atoms with Crippen LogP contribution in [0.5, 0.6) is 0 Å². The molecule has 0 saturated heterocycles. The summed E-state index contributed by atoms with van der Waals surface area (Å²) in [6.45, 7) is 2.03. The second-order valence-corrected chi connectivity index (χ2v) is 6.68. The second kappa shape index (κ2) is 6.80. The molecule has 0 saturated carbocycles. The average Bonchev–Trinajstić information content (AvgIpc) is 2.39. The molecule has 1 nitrogen and oxygen atoms in total. The molecule has 0 spiro atoms. The first-order chi connectivity index (χ1) is 9.06. The molecule has 2 aromatic carbocycles.